The lowest BCUT2D eigenvalue weighted by molar-refractivity contribution is 0.0743. The molecule has 4 aromatic rings. The average Bonchev–Trinajstić information content (AvgIpc) is 3.56. The molecule has 1 saturated heterocycles. The Labute approximate surface area is 262 Å². The molecule has 2 aromatic heterocycles. The van der Waals surface area contributed by atoms with Crippen molar-refractivity contribution in [3.8, 4) is 28.1 Å². The van der Waals surface area contributed by atoms with E-state index >= 15 is 0 Å². The molecule has 1 aliphatic rings. The molecule has 3 heterocycles. The number of amides is 1. The highest BCUT2D eigenvalue weighted by atomic mass is 35.5. The van der Waals surface area contributed by atoms with E-state index in [0.717, 1.165) is 29.7 Å². The highest BCUT2D eigenvalue weighted by Crippen LogP contribution is 2.36. The van der Waals surface area contributed by atoms with Gasteiger partial charge in [0.25, 0.3) is 16.1 Å². The molecule has 5 rings (SSSR count). The van der Waals surface area contributed by atoms with Crippen LogP contribution in [-0.2, 0) is 16.8 Å². The zero-order valence-corrected chi connectivity index (χ0v) is 25.9. The molecule has 1 aliphatic heterocycles. The van der Waals surface area contributed by atoms with E-state index in [1.54, 1.807) is 30.3 Å². The third-order valence-corrected chi connectivity index (χ3v) is 8.76. The molecule has 218 valence electrons. The number of nitrogens with one attached hydrogen (secondary N) is 2. The minimum Gasteiger partial charge on any atom is -0.283 e. The Bertz CT molecular complexity index is 1790. The molecule has 42 heavy (non-hydrogen) atoms. The van der Waals surface area contributed by atoms with Crippen LogP contribution >= 0.6 is 46.1 Å². The van der Waals surface area contributed by atoms with Crippen LogP contribution in [0.15, 0.2) is 54.6 Å². The number of nitrogens with zero attached hydrogens (tertiary/aromatic N) is 3. The number of halogens is 3. The maximum Gasteiger partial charge on any atom is 0.286 e. The number of nitrogens with two attached hydrogens (primary N) is 1. The molecular weight excluding hydrogens is 639 g/mol. The number of rotatable bonds is 7. The molecule has 9 nitrogen and oxygen atoms in total. The Kier molecular flexibility index (Phi) is 9.57. The monoisotopic (exact) mass is 662 g/mol. The second-order valence-electron chi connectivity index (χ2n) is 9.46. The summed E-state index contributed by atoms with van der Waals surface area (Å²) in [6.07, 6.45) is 3.00. The molecule has 1 fully saturated rings. The van der Waals surface area contributed by atoms with Crippen LogP contribution in [0.25, 0.3) is 16.3 Å². The summed E-state index contributed by atoms with van der Waals surface area (Å²) in [5, 5.41) is 13.1. The number of aromatic nitrogens is 2. The second-order valence-corrected chi connectivity index (χ2v) is 13.2. The van der Waals surface area contributed by atoms with Crippen LogP contribution < -0.4 is 15.3 Å². The van der Waals surface area contributed by atoms with Gasteiger partial charge >= 0.3 is 0 Å². The summed E-state index contributed by atoms with van der Waals surface area (Å²) in [5.41, 5.74) is 4.97. The fourth-order valence-corrected chi connectivity index (χ4v) is 6.33. The molecule has 0 bridgehead atoms. The molecule has 0 saturated carbocycles. The van der Waals surface area contributed by atoms with Crippen LogP contribution in [-0.4, -0.2) is 42.2 Å². The topological polar surface area (TPSA) is 122 Å². The summed E-state index contributed by atoms with van der Waals surface area (Å²) in [5.74, 6) is 5.77. The van der Waals surface area contributed by atoms with Gasteiger partial charge in [0, 0.05) is 40.8 Å². The lowest BCUT2D eigenvalue weighted by atomic mass is 10.1. The van der Waals surface area contributed by atoms with E-state index in [1.807, 2.05) is 29.3 Å². The number of benzene rings is 2. The first-order valence-electron chi connectivity index (χ1n) is 12.9. The van der Waals surface area contributed by atoms with Crippen LogP contribution in [0.4, 0.5) is 0 Å². The summed E-state index contributed by atoms with van der Waals surface area (Å²) >= 11 is 20.1. The van der Waals surface area contributed by atoms with E-state index in [4.69, 9.17) is 39.9 Å². The Morgan fingerprint density at radius 2 is 1.69 bits per heavy atom. The third kappa shape index (κ3) is 7.53. The van der Waals surface area contributed by atoms with Crippen LogP contribution in [0.2, 0.25) is 15.1 Å². The van der Waals surface area contributed by atoms with Gasteiger partial charge in [-0.3, -0.25) is 10.2 Å². The third-order valence-electron chi connectivity index (χ3n) is 6.42. The predicted molar refractivity (Wildman–Crippen MR) is 167 cm³/mol. The van der Waals surface area contributed by atoms with Gasteiger partial charge in [-0.2, -0.15) is 18.2 Å². The second kappa shape index (κ2) is 13.2. The lowest BCUT2D eigenvalue weighted by Gasteiger charge is -2.26. The van der Waals surface area contributed by atoms with E-state index < -0.39 is 16.1 Å². The Morgan fingerprint density at radius 1 is 0.976 bits per heavy atom. The van der Waals surface area contributed by atoms with E-state index in [-0.39, 0.29) is 12.2 Å². The summed E-state index contributed by atoms with van der Waals surface area (Å²) in [6, 6.07) is 15.8. The van der Waals surface area contributed by atoms with E-state index in [9.17, 15) is 13.2 Å². The number of hydrogen-bond acceptors (Lipinski definition) is 6. The van der Waals surface area contributed by atoms with Crippen LogP contribution in [0, 0.1) is 11.8 Å². The summed E-state index contributed by atoms with van der Waals surface area (Å²) in [7, 11) is -4.10. The van der Waals surface area contributed by atoms with Gasteiger partial charge in [0.15, 0.2) is 5.69 Å². The first kappa shape index (κ1) is 30.5. The van der Waals surface area contributed by atoms with Gasteiger partial charge in [-0.25, -0.2) is 14.8 Å². The molecule has 0 radical (unpaired) electrons. The Hall–Kier alpha value is -2.92. The number of hydrogen-bond donors (Lipinski definition) is 3. The number of thiophene rings is 1. The number of piperidine rings is 1. The summed E-state index contributed by atoms with van der Waals surface area (Å²) in [6.45, 7) is 1.12. The number of hydrazine groups is 1. The van der Waals surface area contributed by atoms with Gasteiger partial charge in [0.2, 0.25) is 0 Å². The average molecular weight is 664 g/mol. The predicted octanol–water partition coefficient (Wildman–Crippen LogP) is 5.38. The highest BCUT2D eigenvalue weighted by molar-refractivity contribution is 7.87. The van der Waals surface area contributed by atoms with Crippen molar-refractivity contribution >= 4 is 62.3 Å². The van der Waals surface area contributed by atoms with Gasteiger partial charge in [0.1, 0.15) is 0 Å². The van der Waals surface area contributed by atoms with Gasteiger partial charge in [0.05, 0.1) is 26.2 Å². The SMILES string of the molecule is NS(=O)(=O)NCc1c(C(=O)NN2CCCCC2)nn(-c2ccc(Cl)cc2Cl)c1-c1ccc(C#Cc2ccc(Cl)cc2)s1. The minimum absolute atomic E-state index is 0.0277. The van der Waals surface area contributed by atoms with Gasteiger partial charge in [-0.15, -0.1) is 11.3 Å². The maximum atomic E-state index is 13.6. The zero-order valence-electron chi connectivity index (χ0n) is 22.0. The highest BCUT2D eigenvalue weighted by Gasteiger charge is 2.28. The van der Waals surface area contributed by atoms with Crippen molar-refractivity contribution in [3.63, 3.8) is 0 Å². The number of carbonyl (C=O) groups is 1. The molecule has 1 amide bonds. The van der Waals surface area contributed by atoms with Crippen molar-refractivity contribution < 1.29 is 13.2 Å². The van der Waals surface area contributed by atoms with E-state index in [0.29, 0.717) is 50.0 Å². The van der Waals surface area contributed by atoms with Gasteiger partial charge in [-0.1, -0.05) is 53.1 Å². The van der Waals surface area contributed by atoms with Crippen molar-refractivity contribution in [3.05, 3.63) is 91.4 Å². The standard InChI is InChI=1S/C28H25Cl3N6O3S2/c29-19-7-4-18(5-8-19)6-10-21-11-13-25(41-21)27-22(17-33-42(32,39)40)26(28(38)35-36-14-2-1-3-15-36)34-37(27)24-12-9-20(30)16-23(24)31/h4-5,7-9,11-13,16,33H,1-3,14-15,17H2,(H,35,38)(H2,32,39,40). The molecular formula is C28H25Cl3N6O3S2. The molecule has 14 heteroatoms. The molecule has 0 aliphatic carbocycles. The largest absolute Gasteiger partial charge is 0.286 e. The normalized spacial score (nSPS) is 13.9. The summed E-state index contributed by atoms with van der Waals surface area (Å²) in [4.78, 5) is 15.0. The van der Waals surface area contributed by atoms with Gasteiger partial charge in [-0.05, 0) is 67.4 Å². The fourth-order valence-electron chi connectivity index (χ4n) is 4.46. The van der Waals surface area contributed by atoms with Gasteiger partial charge < -0.3 is 0 Å². The zero-order chi connectivity index (χ0) is 29.9. The molecule has 0 spiro atoms. The Morgan fingerprint density at radius 3 is 2.38 bits per heavy atom. The lowest BCUT2D eigenvalue weighted by Crippen LogP contribution is -2.45. The molecule has 0 atom stereocenters. The summed E-state index contributed by atoms with van der Waals surface area (Å²) < 4.78 is 27.7. The fraction of sp³-hybridized carbons (Fsp3) is 0.214. The first-order valence-corrected chi connectivity index (χ1v) is 16.4. The smallest absolute Gasteiger partial charge is 0.283 e. The van der Waals surface area contributed by atoms with Crippen molar-refractivity contribution in [1.82, 2.24) is 24.9 Å². The minimum atomic E-state index is -4.10. The molecule has 4 N–H and O–H groups in total. The number of carbonyl (C=O) groups excluding carboxylic acids is 1. The first-order chi connectivity index (χ1) is 20.1. The van der Waals surface area contributed by atoms with Crippen molar-refractivity contribution in [2.75, 3.05) is 13.1 Å². The molecule has 2 aromatic carbocycles. The van der Waals surface area contributed by atoms with E-state index in [2.05, 4.69) is 27.1 Å². The van der Waals surface area contributed by atoms with Crippen molar-refractivity contribution in [2.45, 2.75) is 25.8 Å². The van der Waals surface area contributed by atoms with Crippen molar-refractivity contribution in [1.29, 1.82) is 0 Å². The van der Waals surface area contributed by atoms with Crippen LogP contribution in [0.1, 0.15) is 45.8 Å². The Balaban J connectivity index is 1.63. The maximum absolute atomic E-state index is 13.6. The van der Waals surface area contributed by atoms with Crippen LogP contribution in [0.5, 0.6) is 0 Å². The van der Waals surface area contributed by atoms with Crippen molar-refractivity contribution in [2.24, 2.45) is 5.14 Å². The van der Waals surface area contributed by atoms with Crippen LogP contribution in [0.3, 0.4) is 0 Å². The molecule has 0 unspecified atom stereocenters. The van der Waals surface area contributed by atoms with E-state index in [1.165, 1.54) is 16.0 Å². The quantitative estimate of drug-likeness (QED) is 0.229.